The van der Waals surface area contributed by atoms with Crippen LogP contribution in [0, 0.1) is 5.41 Å². The van der Waals surface area contributed by atoms with Gasteiger partial charge in [0.15, 0.2) is 0 Å². The molecule has 0 radical (unpaired) electrons. The predicted molar refractivity (Wildman–Crippen MR) is 78.2 cm³/mol. The van der Waals surface area contributed by atoms with E-state index in [0.29, 0.717) is 0 Å². The van der Waals surface area contributed by atoms with Crippen molar-refractivity contribution in [2.75, 3.05) is 26.2 Å². The average Bonchev–Trinajstić information content (AvgIpc) is 2.32. The van der Waals surface area contributed by atoms with E-state index >= 15 is 0 Å². The number of hydrogen-bond acceptors (Lipinski definition) is 3. The molecule has 19 heavy (non-hydrogen) atoms. The molecule has 0 bridgehead atoms. The first-order valence-electron chi connectivity index (χ1n) is 7.48. The Hall–Kier alpha value is -0.610. The van der Waals surface area contributed by atoms with Crippen molar-refractivity contribution in [2.45, 2.75) is 59.0 Å². The van der Waals surface area contributed by atoms with Gasteiger partial charge in [-0.05, 0) is 18.8 Å². The van der Waals surface area contributed by atoms with E-state index in [0.717, 1.165) is 26.1 Å². The summed E-state index contributed by atoms with van der Waals surface area (Å²) in [4.78, 5) is 11.7. The molecule has 0 saturated carbocycles. The van der Waals surface area contributed by atoms with Crippen molar-refractivity contribution in [1.82, 2.24) is 10.6 Å². The summed E-state index contributed by atoms with van der Waals surface area (Å²) in [5, 5.41) is 6.14. The van der Waals surface area contributed by atoms with Gasteiger partial charge in [0, 0.05) is 19.6 Å². The van der Waals surface area contributed by atoms with Crippen LogP contribution in [0.15, 0.2) is 0 Å². The minimum atomic E-state index is -0.145. The third kappa shape index (κ3) is 6.39. The van der Waals surface area contributed by atoms with Crippen molar-refractivity contribution in [2.24, 2.45) is 5.41 Å². The average molecular weight is 270 g/mol. The molecule has 0 spiro atoms. The summed E-state index contributed by atoms with van der Waals surface area (Å²) in [6.07, 6.45) is 4.90. The number of hydrogen-bond donors (Lipinski definition) is 2. The van der Waals surface area contributed by atoms with E-state index in [-0.39, 0.29) is 23.5 Å². The fraction of sp³-hybridized carbons (Fsp3) is 0.933. The zero-order valence-electron chi connectivity index (χ0n) is 13.0. The Morgan fingerprint density at radius 3 is 2.58 bits per heavy atom. The first-order chi connectivity index (χ1) is 8.87. The highest BCUT2D eigenvalue weighted by Crippen LogP contribution is 2.22. The van der Waals surface area contributed by atoms with Crippen molar-refractivity contribution < 1.29 is 9.53 Å². The summed E-state index contributed by atoms with van der Waals surface area (Å²) < 4.78 is 5.62. The van der Waals surface area contributed by atoms with Crippen molar-refractivity contribution in [3.8, 4) is 0 Å². The van der Waals surface area contributed by atoms with Crippen LogP contribution < -0.4 is 10.6 Å². The van der Waals surface area contributed by atoms with Gasteiger partial charge in [-0.15, -0.1) is 0 Å². The summed E-state index contributed by atoms with van der Waals surface area (Å²) in [5.41, 5.74) is 0.0285. The standard InChI is InChI=1S/C15H30N2O2/c1-5-6-7-8-14(2,3)10-17-13(18)9-19-15(4)11-16-12-15/h16H,5-12H2,1-4H3,(H,17,18). The van der Waals surface area contributed by atoms with E-state index in [2.05, 4.69) is 31.4 Å². The molecule has 0 atom stereocenters. The van der Waals surface area contributed by atoms with Gasteiger partial charge in [0.25, 0.3) is 0 Å². The van der Waals surface area contributed by atoms with Crippen LogP contribution in [0.2, 0.25) is 0 Å². The molecule has 1 fully saturated rings. The lowest BCUT2D eigenvalue weighted by Crippen LogP contribution is -2.59. The Morgan fingerprint density at radius 2 is 2.05 bits per heavy atom. The molecule has 112 valence electrons. The number of carbonyl (C=O) groups is 1. The fourth-order valence-electron chi connectivity index (χ4n) is 2.15. The number of nitrogens with one attached hydrogen (secondary N) is 2. The van der Waals surface area contributed by atoms with Crippen LogP contribution in [0.5, 0.6) is 0 Å². The Bertz CT molecular complexity index is 286. The van der Waals surface area contributed by atoms with E-state index < -0.39 is 0 Å². The highest BCUT2D eigenvalue weighted by Gasteiger charge is 2.33. The van der Waals surface area contributed by atoms with Gasteiger partial charge in [0.1, 0.15) is 6.61 Å². The van der Waals surface area contributed by atoms with Crippen LogP contribution >= 0.6 is 0 Å². The minimum Gasteiger partial charge on any atom is -0.363 e. The highest BCUT2D eigenvalue weighted by molar-refractivity contribution is 5.77. The Labute approximate surface area is 117 Å². The molecule has 4 nitrogen and oxygen atoms in total. The van der Waals surface area contributed by atoms with Crippen LogP contribution in [0.1, 0.15) is 53.4 Å². The second-order valence-electron chi connectivity index (χ2n) is 6.74. The van der Waals surface area contributed by atoms with Crippen LogP contribution in [0.3, 0.4) is 0 Å². The summed E-state index contributed by atoms with van der Waals surface area (Å²) >= 11 is 0. The minimum absolute atomic E-state index is 0.00306. The topological polar surface area (TPSA) is 50.4 Å². The zero-order chi connectivity index (χ0) is 14.4. The zero-order valence-corrected chi connectivity index (χ0v) is 13.0. The fourth-order valence-corrected chi connectivity index (χ4v) is 2.15. The number of unbranched alkanes of at least 4 members (excludes halogenated alkanes) is 2. The molecular weight excluding hydrogens is 240 g/mol. The number of ether oxygens (including phenoxy) is 1. The van der Waals surface area contributed by atoms with Crippen molar-refractivity contribution >= 4 is 5.91 Å². The Morgan fingerprint density at radius 1 is 1.37 bits per heavy atom. The molecule has 0 aromatic carbocycles. The lowest BCUT2D eigenvalue weighted by molar-refractivity contribution is -0.136. The summed E-state index contributed by atoms with van der Waals surface area (Å²) in [7, 11) is 0. The summed E-state index contributed by atoms with van der Waals surface area (Å²) in [5.74, 6) is -0.00306. The van der Waals surface area contributed by atoms with Gasteiger partial charge < -0.3 is 15.4 Å². The van der Waals surface area contributed by atoms with E-state index in [1.165, 1.54) is 19.3 Å². The van der Waals surface area contributed by atoms with Crippen LogP contribution in [-0.4, -0.2) is 37.7 Å². The lowest BCUT2D eigenvalue weighted by atomic mass is 9.87. The molecule has 1 aliphatic rings. The molecule has 1 aliphatic heterocycles. The number of amides is 1. The van der Waals surface area contributed by atoms with E-state index in [1.54, 1.807) is 0 Å². The first kappa shape index (κ1) is 16.4. The molecule has 0 aliphatic carbocycles. The number of carbonyl (C=O) groups excluding carboxylic acids is 1. The van der Waals surface area contributed by atoms with Gasteiger partial charge in [0.05, 0.1) is 5.60 Å². The van der Waals surface area contributed by atoms with Crippen LogP contribution in [0.4, 0.5) is 0 Å². The summed E-state index contributed by atoms with van der Waals surface area (Å²) in [6.45, 7) is 11.2. The molecule has 1 rings (SSSR count). The van der Waals surface area contributed by atoms with Gasteiger partial charge >= 0.3 is 0 Å². The van der Waals surface area contributed by atoms with Gasteiger partial charge in [-0.1, -0.05) is 40.0 Å². The molecule has 0 aromatic heterocycles. The Balaban J connectivity index is 2.14. The van der Waals surface area contributed by atoms with Gasteiger partial charge in [0.2, 0.25) is 5.91 Å². The highest BCUT2D eigenvalue weighted by atomic mass is 16.5. The van der Waals surface area contributed by atoms with E-state index in [1.807, 2.05) is 6.92 Å². The van der Waals surface area contributed by atoms with E-state index in [4.69, 9.17) is 4.74 Å². The normalized spacial score (nSPS) is 17.9. The third-order valence-electron chi connectivity index (χ3n) is 3.77. The second-order valence-corrected chi connectivity index (χ2v) is 6.74. The molecule has 1 saturated heterocycles. The van der Waals surface area contributed by atoms with Crippen molar-refractivity contribution in [3.05, 3.63) is 0 Å². The molecular formula is C15H30N2O2. The van der Waals surface area contributed by atoms with Crippen LogP contribution in [-0.2, 0) is 9.53 Å². The SMILES string of the molecule is CCCCCC(C)(C)CNC(=O)COC1(C)CNC1. The maximum absolute atomic E-state index is 11.7. The van der Waals surface area contributed by atoms with Crippen molar-refractivity contribution in [1.29, 1.82) is 0 Å². The van der Waals surface area contributed by atoms with Gasteiger partial charge in [-0.2, -0.15) is 0 Å². The smallest absolute Gasteiger partial charge is 0.246 e. The van der Waals surface area contributed by atoms with Gasteiger partial charge in [-0.25, -0.2) is 0 Å². The first-order valence-corrected chi connectivity index (χ1v) is 7.48. The monoisotopic (exact) mass is 270 g/mol. The maximum Gasteiger partial charge on any atom is 0.246 e. The predicted octanol–water partition coefficient (Wildman–Crippen LogP) is 2.09. The van der Waals surface area contributed by atoms with Crippen molar-refractivity contribution in [3.63, 3.8) is 0 Å². The molecule has 4 heteroatoms. The molecule has 0 unspecified atom stereocenters. The largest absolute Gasteiger partial charge is 0.363 e. The molecule has 1 amide bonds. The summed E-state index contributed by atoms with van der Waals surface area (Å²) in [6, 6.07) is 0. The molecule has 1 heterocycles. The second kappa shape index (κ2) is 7.25. The molecule has 2 N–H and O–H groups in total. The Kier molecular flexibility index (Phi) is 6.27. The maximum atomic E-state index is 11.7. The molecule has 0 aromatic rings. The lowest BCUT2D eigenvalue weighted by Gasteiger charge is -2.38. The van der Waals surface area contributed by atoms with Gasteiger partial charge in [-0.3, -0.25) is 4.79 Å². The van der Waals surface area contributed by atoms with Crippen LogP contribution in [0.25, 0.3) is 0 Å². The quantitative estimate of drug-likeness (QED) is 0.631. The van der Waals surface area contributed by atoms with E-state index in [9.17, 15) is 4.79 Å². The third-order valence-corrected chi connectivity index (χ3v) is 3.77. The number of rotatable bonds is 9.